The summed E-state index contributed by atoms with van der Waals surface area (Å²) in [6.45, 7) is 2.31. The van der Waals surface area contributed by atoms with E-state index in [1.54, 1.807) is 0 Å². The number of hydrogen-bond acceptors (Lipinski definition) is 2. The summed E-state index contributed by atoms with van der Waals surface area (Å²) in [6.07, 6.45) is 2.81. The van der Waals surface area contributed by atoms with E-state index < -0.39 is 0 Å². The van der Waals surface area contributed by atoms with Crippen LogP contribution in [0.3, 0.4) is 0 Å². The minimum absolute atomic E-state index is 0.882. The molecule has 2 nitrogen and oxygen atoms in total. The molecule has 1 aliphatic carbocycles. The van der Waals surface area contributed by atoms with E-state index in [1.165, 1.54) is 29.7 Å². The van der Waals surface area contributed by atoms with Gasteiger partial charge < -0.3 is 5.32 Å². The molecule has 0 saturated heterocycles. The summed E-state index contributed by atoms with van der Waals surface area (Å²) >= 11 is 0. The molecule has 2 aliphatic rings. The molecule has 0 amide bonds. The predicted molar refractivity (Wildman–Crippen MR) is 58.3 cm³/mol. The summed E-state index contributed by atoms with van der Waals surface area (Å²) in [6, 6.07) is 7.47. The highest BCUT2D eigenvalue weighted by Crippen LogP contribution is 2.36. The highest BCUT2D eigenvalue weighted by molar-refractivity contribution is 5.55. The number of anilines is 1. The van der Waals surface area contributed by atoms with Crippen LogP contribution in [0.2, 0.25) is 0 Å². The Morgan fingerprint density at radius 2 is 2.14 bits per heavy atom. The van der Waals surface area contributed by atoms with Crippen LogP contribution in [0.1, 0.15) is 24.0 Å². The Morgan fingerprint density at radius 3 is 2.86 bits per heavy atom. The number of nitrogens with zero attached hydrogens (tertiary/aromatic N) is 1. The minimum Gasteiger partial charge on any atom is -0.388 e. The van der Waals surface area contributed by atoms with E-state index in [9.17, 15) is 0 Å². The quantitative estimate of drug-likeness (QED) is 0.765. The fraction of sp³-hybridized carbons (Fsp3) is 0.500. The molecule has 0 aromatic heterocycles. The van der Waals surface area contributed by atoms with E-state index in [2.05, 4.69) is 28.4 Å². The Labute approximate surface area is 84.9 Å². The van der Waals surface area contributed by atoms with Crippen molar-refractivity contribution >= 4 is 5.69 Å². The average Bonchev–Trinajstić information content (AvgIpc) is 2.97. The molecule has 2 heteroatoms. The number of rotatable bonds is 2. The van der Waals surface area contributed by atoms with Crippen LogP contribution >= 0.6 is 0 Å². The Bertz CT molecular complexity index is 355. The van der Waals surface area contributed by atoms with Crippen LogP contribution in [-0.2, 0) is 13.1 Å². The molecule has 1 N–H and O–H groups in total. The van der Waals surface area contributed by atoms with E-state index in [-0.39, 0.29) is 0 Å². The van der Waals surface area contributed by atoms with Gasteiger partial charge >= 0.3 is 0 Å². The molecule has 0 atom stereocenters. The Kier molecular flexibility index (Phi) is 1.77. The standard InChI is InChI=1S/C12H16N2/c1-13-12-4-2-3-9-7-14(8-11(9)12)10-5-6-10/h2-4,10,13H,5-8H2,1H3. The molecule has 0 radical (unpaired) electrons. The normalized spacial score (nSPS) is 20.9. The second-order valence-corrected chi connectivity index (χ2v) is 4.33. The third-order valence-corrected chi connectivity index (χ3v) is 3.34. The zero-order valence-corrected chi connectivity index (χ0v) is 8.59. The summed E-state index contributed by atoms with van der Waals surface area (Å²) in [5.74, 6) is 0. The van der Waals surface area contributed by atoms with Gasteiger partial charge in [0.1, 0.15) is 0 Å². The lowest BCUT2D eigenvalue weighted by molar-refractivity contribution is 0.273. The van der Waals surface area contributed by atoms with Gasteiger partial charge in [0.15, 0.2) is 0 Å². The van der Waals surface area contributed by atoms with Gasteiger partial charge in [-0.2, -0.15) is 0 Å². The summed E-state index contributed by atoms with van der Waals surface area (Å²) in [5, 5.41) is 3.28. The van der Waals surface area contributed by atoms with Gasteiger partial charge in [0.25, 0.3) is 0 Å². The first-order chi connectivity index (χ1) is 6.88. The van der Waals surface area contributed by atoms with Gasteiger partial charge in [-0.05, 0) is 30.0 Å². The minimum atomic E-state index is 0.882. The molecule has 1 saturated carbocycles. The van der Waals surface area contributed by atoms with Crippen molar-refractivity contribution in [2.75, 3.05) is 12.4 Å². The Balaban J connectivity index is 1.92. The van der Waals surface area contributed by atoms with Gasteiger partial charge in [-0.3, -0.25) is 4.90 Å². The number of nitrogens with one attached hydrogen (secondary N) is 1. The molecule has 74 valence electrons. The van der Waals surface area contributed by atoms with Crippen LogP contribution in [-0.4, -0.2) is 18.0 Å². The fourth-order valence-electron chi connectivity index (χ4n) is 2.38. The van der Waals surface area contributed by atoms with Crippen molar-refractivity contribution in [3.63, 3.8) is 0 Å². The van der Waals surface area contributed by atoms with Gasteiger partial charge in [0, 0.05) is 31.9 Å². The highest BCUT2D eigenvalue weighted by atomic mass is 15.2. The molecular weight excluding hydrogens is 172 g/mol. The molecule has 14 heavy (non-hydrogen) atoms. The zero-order valence-electron chi connectivity index (χ0n) is 8.59. The molecule has 1 aliphatic heterocycles. The van der Waals surface area contributed by atoms with Gasteiger partial charge in [0.2, 0.25) is 0 Å². The van der Waals surface area contributed by atoms with Crippen LogP contribution in [0.4, 0.5) is 5.69 Å². The van der Waals surface area contributed by atoms with Gasteiger partial charge in [-0.1, -0.05) is 12.1 Å². The summed E-state index contributed by atoms with van der Waals surface area (Å²) in [5.41, 5.74) is 4.34. The van der Waals surface area contributed by atoms with Crippen LogP contribution in [0.5, 0.6) is 0 Å². The molecule has 1 heterocycles. The molecule has 0 bridgehead atoms. The van der Waals surface area contributed by atoms with Crippen LogP contribution in [0.15, 0.2) is 18.2 Å². The Morgan fingerprint density at radius 1 is 1.29 bits per heavy atom. The van der Waals surface area contributed by atoms with Crippen molar-refractivity contribution in [3.8, 4) is 0 Å². The van der Waals surface area contributed by atoms with Gasteiger partial charge in [-0.15, -0.1) is 0 Å². The summed E-state index contributed by atoms with van der Waals surface area (Å²) < 4.78 is 0. The van der Waals surface area contributed by atoms with Crippen LogP contribution < -0.4 is 5.32 Å². The van der Waals surface area contributed by atoms with Crippen molar-refractivity contribution in [1.29, 1.82) is 0 Å². The van der Waals surface area contributed by atoms with Crippen molar-refractivity contribution in [2.45, 2.75) is 32.0 Å². The maximum atomic E-state index is 3.28. The smallest absolute Gasteiger partial charge is 0.0386 e. The molecular formula is C12H16N2. The maximum absolute atomic E-state index is 3.28. The molecule has 0 unspecified atom stereocenters. The van der Waals surface area contributed by atoms with E-state index >= 15 is 0 Å². The van der Waals surface area contributed by atoms with Crippen molar-refractivity contribution in [3.05, 3.63) is 29.3 Å². The fourth-order valence-corrected chi connectivity index (χ4v) is 2.38. The number of benzene rings is 1. The highest BCUT2D eigenvalue weighted by Gasteiger charge is 2.33. The summed E-state index contributed by atoms with van der Waals surface area (Å²) in [7, 11) is 2.01. The molecule has 0 spiro atoms. The van der Waals surface area contributed by atoms with E-state index in [0.29, 0.717) is 0 Å². The third kappa shape index (κ3) is 1.22. The largest absolute Gasteiger partial charge is 0.388 e. The Hall–Kier alpha value is -1.02. The topological polar surface area (TPSA) is 15.3 Å². The second kappa shape index (κ2) is 2.99. The lowest BCUT2D eigenvalue weighted by atomic mass is 10.1. The zero-order chi connectivity index (χ0) is 9.54. The van der Waals surface area contributed by atoms with Crippen LogP contribution in [0, 0.1) is 0 Å². The first-order valence-corrected chi connectivity index (χ1v) is 5.41. The lowest BCUT2D eigenvalue weighted by Gasteiger charge is -2.12. The SMILES string of the molecule is CNc1cccc2c1CN(C1CC1)C2. The van der Waals surface area contributed by atoms with Crippen molar-refractivity contribution in [1.82, 2.24) is 4.90 Å². The predicted octanol–water partition coefficient (Wildman–Crippen LogP) is 2.21. The second-order valence-electron chi connectivity index (χ2n) is 4.33. The number of hydrogen-bond donors (Lipinski definition) is 1. The van der Waals surface area contributed by atoms with Gasteiger partial charge in [-0.25, -0.2) is 0 Å². The first kappa shape index (κ1) is 8.30. The molecule has 1 aromatic carbocycles. The van der Waals surface area contributed by atoms with Crippen molar-refractivity contribution in [2.24, 2.45) is 0 Å². The van der Waals surface area contributed by atoms with E-state index in [4.69, 9.17) is 0 Å². The number of fused-ring (bicyclic) bond motifs is 1. The lowest BCUT2D eigenvalue weighted by Crippen LogP contribution is -2.18. The first-order valence-electron chi connectivity index (χ1n) is 5.41. The molecule has 1 fully saturated rings. The average molecular weight is 188 g/mol. The summed E-state index contributed by atoms with van der Waals surface area (Å²) in [4.78, 5) is 2.60. The van der Waals surface area contributed by atoms with Crippen molar-refractivity contribution < 1.29 is 0 Å². The molecule has 1 aromatic rings. The van der Waals surface area contributed by atoms with E-state index in [1.807, 2.05) is 7.05 Å². The monoisotopic (exact) mass is 188 g/mol. The van der Waals surface area contributed by atoms with Gasteiger partial charge in [0.05, 0.1) is 0 Å². The maximum Gasteiger partial charge on any atom is 0.0386 e. The third-order valence-electron chi connectivity index (χ3n) is 3.34. The van der Waals surface area contributed by atoms with Crippen LogP contribution in [0.25, 0.3) is 0 Å². The molecule has 3 rings (SSSR count). The van der Waals surface area contributed by atoms with E-state index in [0.717, 1.165) is 19.1 Å².